The molecule has 7 heteroatoms. The molecule has 2 aliphatic rings. The quantitative estimate of drug-likeness (QED) is 0.831. The third-order valence-electron chi connectivity index (χ3n) is 4.50. The zero-order chi connectivity index (χ0) is 14.8. The van der Waals surface area contributed by atoms with Crippen LogP contribution in [-0.4, -0.2) is 55.7 Å². The van der Waals surface area contributed by atoms with E-state index >= 15 is 0 Å². The van der Waals surface area contributed by atoms with E-state index in [1.54, 1.807) is 14.1 Å². The van der Waals surface area contributed by atoms with Crippen molar-refractivity contribution in [3.8, 4) is 0 Å². The molecule has 0 spiro atoms. The molecule has 1 aliphatic heterocycles. The summed E-state index contributed by atoms with van der Waals surface area (Å²) in [7, 11) is -0.328. The number of hydrogen-bond donors (Lipinski definition) is 1. The average molecular weight is 303 g/mol. The van der Waals surface area contributed by atoms with Crippen LogP contribution in [0.3, 0.4) is 0 Å². The number of amides is 1. The van der Waals surface area contributed by atoms with E-state index in [0.717, 1.165) is 32.1 Å². The summed E-state index contributed by atoms with van der Waals surface area (Å²) < 4.78 is 28.3. The first-order valence-electron chi connectivity index (χ1n) is 7.45. The smallest absolute Gasteiger partial charge is 0.282 e. The molecule has 0 radical (unpaired) electrons. The summed E-state index contributed by atoms with van der Waals surface area (Å²) in [6, 6.07) is -0.462. The average Bonchev–Trinajstić information content (AvgIpc) is 2.96. The van der Waals surface area contributed by atoms with Crippen LogP contribution in [-0.2, 0) is 15.0 Å². The molecule has 1 unspecified atom stereocenters. The van der Waals surface area contributed by atoms with Crippen LogP contribution in [0.1, 0.15) is 44.9 Å². The van der Waals surface area contributed by atoms with Gasteiger partial charge in [-0.05, 0) is 25.7 Å². The second-order valence-electron chi connectivity index (χ2n) is 5.70. The van der Waals surface area contributed by atoms with Crippen molar-refractivity contribution >= 4 is 16.1 Å². The zero-order valence-corrected chi connectivity index (χ0v) is 13.2. The maximum Gasteiger partial charge on any atom is 0.282 e. The first-order chi connectivity index (χ1) is 9.48. The van der Waals surface area contributed by atoms with E-state index in [9.17, 15) is 13.2 Å². The molecule has 116 valence electrons. The van der Waals surface area contributed by atoms with Gasteiger partial charge in [0, 0.05) is 26.7 Å². The molecule has 1 heterocycles. The summed E-state index contributed by atoms with van der Waals surface area (Å²) in [6.45, 7) is 0.442. The summed E-state index contributed by atoms with van der Waals surface area (Å²) in [5.74, 6) is -0.205. The lowest BCUT2D eigenvalue weighted by molar-refractivity contribution is -0.123. The van der Waals surface area contributed by atoms with Crippen LogP contribution in [0.25, 0.3) is 0 Å². The predicted molar refractivity (Wildman–Crippen MR) is 77.4 cm³/mol. The lowest BCUT2D eigenvalue weighted by Gasteiger charge is -2.34. The second-order valence-corrected chi connectivity index (χ2v) is 7.64. The zero-order valence-electron chi connectivity index (χ0n) is 12.3. The molecule has 1 N–H and O–H groups in total. The molecule has 1 saturated heterocycles. The standard InChI is InChI=1S/C13H25N3O3S/c1-14-13(17)12-9-6-10-16(12)20(18,19)15(2)11-7-4-3-5-8-11/h11-12H,3-10H2,1-2H3,(H,14,17). The highest BCUT2D eigenvalue weighted by molar-refractivity contribution is 7.86. The minimum Gasteiger partial charge on any atom is -0.358 e. The van der Waals surface area contributed by atoms with Crippen LogP contribution in [0.2, 0.25) is 0 Å². The Morgan fingerprint density at radius 2 is 1.80 bits per heavy atom. The van der Waals surface area contributed by atoms with Crippen molar-refractivity contribution in [3.05, 3.63) is 0 Å². The van der Waals surface area contributed by atoms with Gasteiger partial charge in [0.2, 0.25) is 5.91 Å². The minimum absolute atomic E-state index is 0.0830. The Morgan fingerprint density at radius 3 is 2.40 bits per heavy atom. The SMILES string of the molecule is CNC(=O)C1CCCN1S(=O)(=O)N(C)C1CCCCC1. The third-order valence-corrected chi connectivity index (χ3v) is 6.56. The van der Waals surface area contributed by atoms with Crippen LogP contribution in [0.4, 0.5) is 0 Å². The lowest BCUT2D eigenvalue weighted by atomic mass is 9.96. The lowest BCUT2D eigenvalue weighted by Crippen LogP contribution is -2.52. The number of carbonyl (C=O) groups excluding carboxylic acids is 1. The molecule has 1 aliphatic carbocycles. The maximum atomic E-state index is 12.7. The molecule has 20 heavy (non-hydrogen) atoms. The molecule has 2 fully saturated rings. The van der Waals surface area contributed by atoms with Gasteiger partial charge in [0.25, 0.3) is 10.2 Å². The van der Waals surface area contributed by atoms with Gasteiger partial charge < -0.3 is 5.32 Å². The van der Waals surface area contributed by atoms with E-state index in [-0.39, 0.29) is 11.9 Å². The van der Waals surface area contributed by atoms with Gasteiger partial charge in [0.15, 0.2) is 0 Å². The fourth-order valence-electron chi connectivity index (χ4n) is 3.24. The van der Waals surface area contributed by atoms with E-state index < -0.39 is 16.3 Å². The summed E-state index contributed by atoms with van der Waals surface area (Å²) in [4.78, 5) is 11.8. The largest absolute Gasteiger partial charge is 0.358 e. The Balaban J connectivity index is 2.13. The van der Waals surface area contributed by atoms with E-state index in [1.165, 1.54) is 15.0 Å². The van der Waals surface area contributed by atoms with Gasteiger partial charge in [-0.1, -0.05) is 19.3 Å². The molecular weight excluding hydrogens is 278 g/mol. The van der Waals surface area contributed by atoms with Crippen molar-refractivity contribution in [2.75, 3.05) is 20.6 Å². The Labute approximate surface area is 121 Å². The number of rotatable bonds is 4. The summed E-state index contributed by atoms with van der Waals surface area (Å²) in [5.41, 5.74) is 0. The van der Waals surface area contributed by atoms with Crippen molar-refractivity contribution < 1.29 is 13.2 Å². The molecule has 2 rings (SSSR count). The van der Waals surface area contributed by atoms with E-state index in [1.807, 2.05) is 0 Å². The molecule has 6 nitrogen and oxygen atoms in total. The van der Waals surface area contributed by atoms with Crippen molar-refractivity contribution in [1.29, 1.82) is 0 Å². The summed E-state index contributed by atoms with van der Waals surface area (Å²) in [6.07, 6.45) is 6.57. The Kier molecular flexibility index (Phi) is 5.04. The number of hydrogen-bond acceptors (Lipinski definition) is 3. The Morgan fingerprint density at radius 1 is 1.15 bits per heavy atom. The second kappa shape index (κ2) is 6.41. The summed E-state index contributed by atoms with van der Waals surface area (Å²) >= 11 is 0. The first-order valence-corrected chi connectivity index (χ1v) is 8.84. The van der Waals surface area contributed by atoms with Crippen LogP contribution in [0.5, 0.6) is 0 Å². The predicted octanol–water partition coefficient (Wildman–Crippen LogP) is 0.706. The molecule has 0 bridgehead atoms. The van der Waals surface area contributed by atoms with Gasteiger partial charge >= 0.3 is 0 Å². The molecule has 0 aromatic carbocycles. The first kappa shape index (κ1) is 15.7. The maximum absolute atomic E-state index is 12.7. The van der Waals surface area contributed by atoms with Crippen molar-refractivity contribution in [3.63, 3.8) is 0 Å². The molecule has 1 saturated carbocycles. The molecule has 1 amide bonds. The highest BCUT2D eigenvalue weighted by Crippen LogP contribution is 2.28. The molecule has 0 aromatic heterocycles. The van der Waals surface area contributed by atoms with E-state index in [0.29, 0.717) is 13.0 Å². The topological polar surface area (TPSA) is 69.7 Å². The van der Waals surface area contributed by atoms with E-state index in [2.05, 4.69) is 5.32 Å². The Hall–Kier alpha value is -0.660. The van der Waals surface area contributed by atoms with Crippen molar-refractivity contribution in [1.82, 2.24) is 13.9 Å². The highest BCUT2D eigenvalue weighted by Gasteiger charge is 2.42. The van der Waals surface area contributed by atoms with Crippen molar-refractivity contribution in [2.24, 2.45) is 0 Å². The minimum atomic E-state index is -3.54. The fraction of sp³-hybridized carbons (Fsp3) is 0.923. The Bertz CT molecular complexity index is 446. The fourth-order valence-corrected chi connectivity index (χ4v) is 5.04. The number of nitrogens with one attached hydrogen (secondary N) is 1. The van der Waals surface area contributed by atoms with E-state index in [4.69, 9.17) is 0 Å². The van der Waals surface area contributed by atoms with Crippen LogP contribution >= 0.6 is 0 Å². The third kappa shape index (κ3) is 2.99. The normalized spacial score (nSPS) is 26.1. The number of likely N-dealkylation sites (N-methyl/N-ethyl adjacent to an activating group) is 1. The van der Waals surface area contributed by atoms with Crippen LogP contribution in [0.15, 0.2) is 0 Å². The highest BCUT2D eigenvalue weighted by atomic mass is 32.2. The van der Waals surface area contributed by atoms with Gasteiger partial charge in [0.05, 0.1) is 0 Å². The van der Waals surface area contributed by atoms with Crippen molar-refractivity contribution in [2.45, 2.75) is 57.0 Å². The van der Waals surface area contributed by atoms with Gasteiger partial charge in [-0.25, -0.2) is 0 Å². The summed E-state index contributed by atoms with van der Waals surface area (Å²) in [5, 5.41) is 2.56. The van der Waals surface area contributed by atoms with Crippen LogP contribution < -0.4 is 5.32 Å². The van der Waals surface area contributed by atoms with Crippen LogP contribution in [0, 0.1) is 0 Å². The number of nitrogens with zero attached hydrogens (tertiary/aromatic N) is 2. The number of carbonyl (C=O) groups is 1. The van der Waals surface area contributed by atoms with Gasteiger partial charge in [-0.3, -0.25) is 4.79 Å². The van der Waals surface area contributed by atoms with Gasteiger partial charge in [-0.15, -0.1) is 0 Å². The van der Waals surface area contributed by atoms with Gasteiger partial charge in [-0.2, -0.15) is 17.0 Å². The van der Waals surface area contributed by atoms with Gasteiger partial charge in [0.1, 0.15) is 6.04 Å². The molecule has 1 atom stereocenters. The monoisotopic (exact) mass is 303 g/mol. The molecule has 0 aromatic rings. The molecular formula is C13H25N3O3S.